The summed E-state index contributed by atoms with van der Waals surface area (Å²) in [6.45, 7) is 8.68. The summed E-state index contributed by atoms with van der Waals surface area (Å²) in [7, 11) is 0. The molecule has 120 valence electrons. The molecule has 22 heavy (non-hydrogen) atoms. The van der Waals surface area contributed by atoms with Gasteiger partial charge in [-0.3, -0.25) is 4.79 Å². The zero-order valence-corrected chi connectivity index (χ0v) is 14.1. The van der Waals surface area contributed by atoms with E-state index in [0.29, 0.717) is 6.42 Å². The second-order valence-electron chi connectivity index (χ2n) is 6.62. The van der Waals surface area contributed by atoms with E-state index in [1.807, 2.05) is 52.0 Å². The highest BCUT2D eigenvalue weighted by Gasteiger charge is 2.15. The molecule has 0 aromatic heterocycles. The molecule has 1 rings (SSSR count). The second kappa shape index (κ2) is 8.43. The topological polar surface area (TPSA) is 64.9 Å². The molecule has 4 nitrogen and oxygen atoms in total. The fourth-order valence-electron chi connectivity index (χ4n) is 2.12. The Morgan fingerprint density at radius 2 is 1.91 bits per heavy atom. The largest absolute Gasteiger partial charge is 0.385 e. The minimum absolute atomic E-state index is 0.0504. The molecule has 0 saturated heterocycles. The standard InChI is InChI=1S/C18H27N3O/c1-14(2)21-17(22)12-15-6-8-16(9-7-15)20-11-5-10-18(3,4)13-19/h6-9,14,20H,5,10-12H2,1-4H3,(H,21,22). The van der Waals surface area contributed by atoms with Gasteiger partial charge in [0.1, 0.15) is 0 Å². The van der Waals surface area contributed by atoms with E-state index >= 15 is 0 Å². The second-order valence-corrected chi connectivity index (χ2v) is 6.62. The summed E-state index contributed by atoms with van der Waals surface area (Å²) < 4.78 is 0. The normalized spacial score (nSPS) is 11.1. The fourth-order valence-corrected chi connectivity index (χ4v) is 2.12. The summed E-state index contributed by atoms with van der Waals surface area (Å²) in [6, 6.07) is 10.4. The predicted octanol–water partition coefficient (Wildman–Crippen LogP) is 3.50. The van der Waals surface area contributed by atoms with E-state index in [4.69, 9.17) is 5.26 Å². The molecule has 0 atom stereocenters. The first-order valence-corrected chi connectivity index (χ1v) is 7.86. The van der Waals surface area contributed by atoms with Gasteiger partial charge in [0, 0.05) is 18.3 Å². The Bertz CT molecular complexity index is 512. The highest BCUT2D eigenvalue weighted by atomic mass is 16.1. The maximum Gasteiger partial charge on any atom is 0.224 e. The van der Waals surface area contributed by atoms with Crippen LogP contribution in [0.2, 0.25) is 0 Å². The quantitative estimate of drug-likeness (QED) is 0.722. The molecule has 0 saturated carbocycles. The lowest BCUT2D eigenvalue weighted by Crippen LogP contribution is -2.31. The van der Waals surface area contributed by atoms with Gasteiger partial charge in [-0.1, -0.05) is 12.1 Å². The minimum Gasteiger partial charge on any atom is -0.385 e. The van der Waals surface area contributed by atoms with E-state index in [0.717, 1.165) is 30.6 Å². The number of nitriles is 1. The number of carbonyl (C=O) groups excluding carboxylic acids is 1. The zero-order chi connectivity index (χ0) is 16.6. The molecule has 0 bridgehead atoms. The van der Waals surface area contributed by atoms with Crippen LogP contribution in [0.1, 0.15) is 46.1 Å². The number of hydrogen-bond acceptors (Lipinski definition) is 3. The Kier molecular flexibility index (Phi) is 6.91. The van der Waals surface area contributed by atoms with Crippen molar-refractivity contribution < 1.29 is 4.79 Å². The minimum atomic E-state index is -0.255. The highest BCUT2D eigenvalue weighted by molar-refractivity contribution is 5.78. The van der Waals surface area contributed by atoms with Gasteiger partial charge < -0.3 is 10.6 Å². The van der Waals surface area contributed by atoms with E-state index < -0.39 is 0 Å². The van der Waals surface area contributed by atoms with Gasteiger partial charge in [0.25, 0.3) is 0 Å². The van der Waals surface area contributed by atoms with Gasteiger partial charge in [0.05, 0.1) is 17.9 Å². The molecule has 0 aliphatic rings. The molecule has 0 aliphatic heterocycles. The van der Waals surface area contributed by atoms with Crippen molar-refractivity contribution in [3.8, 4) is 6.07 Å². The molecule has 4 heteroatoms. The summed E-state index contributed by atoms with van der Waals surface area (Å²) >= 11 is 0. The van der Waals surface area contributed by atoms with Crippen LogP contribution in [-0.2, 0) is 11.2 Å². The van der Waals surface area contributed by atoms with E-state index in [1.54, 1.807) is 0 Å². The van der Waals surface area contributed by atoms with Crippen LogP contribution in [0.15, 0.2) is 24.3 Å². The van der Waals surface area contributed by atoms with Crippen LogP contribution < -0.4 is 10.6 Å². The first-order chi connectivity index (χ1) is 10.3. The highest BCUT2D eigenvalue weighted by Crippen LogP contribution is 2.20. The van der Waals surface area contributed by atoms with Crippen molar-refractivity contribution in [2.45, 2.75) is 53.0 Å². The molecule has 0 fully saturated rings. The molecule has 2 N–H and O–H groups in total. The van der Waals surface area contributed by atoms with Crippen LogP contribution in [0.4, 0.5) is 5.69 Å². The lowest BCUT2D eigenvalue weighted by molar-refractivity contribution is -0.120. The monoisotopic (exact) mass is 301 g/mol. The van der Waals surface area contributed by atoms with Crippen molar-refractivity contribution in [3.05, 3.63) is 29.8 Å². The summed E-state index contributed by atoms with van der Waals surface area (Å²) in [5.41, 5.74) is 1.80. The molecule has 0 spiro atoms. The SMILES string of the molecule is CC(C)NC(=O)Cc1ccc(NCCCC(C)(C)C#N)cc1. The average Bonchev–Trinajstić information content (AvgIpc) is 2.44. The lowest BCUT2D eigenvalue weighted by Gasteiger charge is -2.15. The number of amides is 1. The van der Waals surface area contributed by atoms with Crippen LogP contribution in [0, 0.1) is 16.7 Å². The van der Waals surface area contributed by atoms with Gasteiger partial charge in [0.15, 0.2) is 0 Å². The van der Waals surface area contributed by atoms with Crippen LogP contribution in [-0.4, -0.2) is 18.5 Å². The third kappa shape index (κ3) is 7.12. The van der Waals surface area contributed by atoms with Gasteiger partial charge in [-0.2, -0.15) is 5.26 Å². The number of anilines is 1. The lowest BCUT2D eigenvalue weighted by atomic mass is 9.90. The average molecular weight is 301 g/mol. The van der Waals surface area contributed by atoms with Crippen molar-refractivity contribution in [2.24, 2.45) is 5.41 Å². The molecule has 0 radical (unpaired) electrons. The summed E-state index contributed by atoms with van der Waals surface area (Å²) in [4.78, 5) is 11.7. The van der Waals surface area contributed by atoms with Crippen LogP contribution in [0.5, 0.6) is 0 Å². The number of hydrogen-bond donors (Lipinski definition) is 2. The van der Waals surface area contributed by atoms with Gasteiger partial charge in [-0.15, -0.1) is 0 Å². The molecule has 1 aromatic carbocycles. The van der Waals surface area contributed by atoms with E-state index in [9.17, 15) is 4.79 Å². The fraction of sp³-hybridized carbons (Fsp3) is 0.556. The van der Waals surface area contributed by atoms with Gasteiger partial charge in [0.2, 0.25) is 5.91 Å². The van der Waals surface area contributed by atoms with Crippen molar-refractivity contribution in [1.82, 2.24) is 5.32 Å². The van der Waals surface area contributed by atoms with Crippen molar-refractivity contribution in [3.63, 3.8) is 0 Å². The Balaban J connectivity index is 2.36. The van der Waals surface area contributed by atoms with E-state index in [2.05, 4.69) is 16.7 Å². The third-order valence-corrected chi connectivity index (χ3v) is 3.38. The van der Waals surface area contributed by atoms with Crippen LogP contribution >= 0.6 is 0 Å². The first kappa shape index (κ1) is 18.0. The molecule has 1 aromatic rings. The molecule has 0 unspecified atom stereocenters. The summed E-state index contributed by atoms with van der Waals surface area (Å²) in [6.07, 6.45) is 2.25. The first-order valence-electron chi connectivity index (χ1n) is 7.86. The van der Waals surface area contributed by atoms with Crippen LogP contribution in [0.3, 0.4) is 0 Å². The molecule has 1 amide bonds. The number of nitrogens with zero attached hydrogens (tertiary/aromatic N) is 1. The molecule has 0 heterocycles. The number of benzene rings is 1. The number of rotatable bonds is 8. The van der Waals surface area contributed by atoms with E-state index in [-0.39, 0.29) is 17.4 Å². The number of nitrogens with one attached hydrogen (secondary N) is 2. The summed E-state index contributed by atoms with van der Waals surface area (Å²) in [5, 5.41) is 15.2. The van der Waals surface area contributed by atoms with Crippen LogP contribution in [0.25, 0.3) is 0 Å². The van der Waals surface area contributed by atoms with Crippen molar-refractivity contribution in [1.29, 1.82) is 5.26 Å². The maximum atomic E-state index is 11.7. The number of carbonyl (C=O) groups is 1. The van der Waals surface area contributed by atoms with Gasteiger partial charge >= 0.3 is 0 Å². The maximum absolute atomic E-state index is 11.7. The Morgan fingerprint density at radius 1 is 1.27 bits per heavy atom. The van der Waals surface area contributed by atoms with Gasteiger partial charge in [-0.25, -0.2) is 0 Å². The van der Waals surface area contributed by atoms with Gasteiger partial charge in [-0.05, 0) is 58.2 Å². The molecular weight excluding hydrogens is 274 g/mol. The van der Waals surface area contributed by atoms with Crippen molar-refractivity contribution in [2.75, 3.05) is 11.9 Å². The van der Waals surface area contributed by atoms with E-state index in [1.165, 1.54) is 0 Å². The zero-order valence-electron chi connectivity index (χ0n) is 14.1. The molecule has 0 aliphatic carbocycles. The molecular formula is C18H27N3O. The Labute approximate surface area is 133 Å². The third-order valence-electron chi connectivity index (χ3n) is 3.38. The Morgan fingerprint density at radius 3 is 2.45 bits per heavy atom. The predicted molar refractivity (Wildman–Crippen MR) is 90.5 cm³/mol. The summed E-state index contributed by atoms with van der Waals surface area (Å²) in [5.74, 6) is 0.0504. The van der Waals surface area contributed by atoms with Crippen molar-refractivity contribution >= 4 is 11.6 Å². The Hall–Kier alpha value is -2.02. The smallest absolute Gasteiger partial charge is 0.224 e.